The second kappa shape index (κ2) is 8.70. The third kappa shape index (κ3) is 5.39. The van der Waals surface area contributed by atoms with Gasteiger partial charge in [0, 0.05) is 22.6 Å². The summed E-state index contributed by atoms with van der Waals surface area (Å²) in [6.45, 7) is 3.47. The molecule has 0 bridgehead atoms. The minimum Gasteiger partial charge on any atom is -0.308 e. The molecule has 9 nitrogen and oxygen atoms in total. The molecule has 0 aliphatic heterocycles. The molecule has 2 aromatic carbocycles. The second-order valence-corrected chi connectivity index (χ2v) is 8.06. The van der Waals surface area contributed by atoms with Crippen molar-refractivity contribution in [3.63, 3.8) is 0 Å². The molecule has 0 unspecified atom stereocenters. The van der Waals surface area contributed by atoms with Gasteiger partial charge in [-0.3, -0.25) is 10.1 Å². The third-order valence-electron chi connectivity index (χ3n) is 3.89. The number of amides is 3. The number of hydrogen-bond donors (Lipinski definition) is 3. The first-order valence-corrected chi connectivity index (χ1v) is 10.3. The molecule has 0 aliphatic rings. The molecule has 10 heteroatoms. The fraction of sp³-hybridized carbons (Fsp3) is 0.100. The standard InChI is InChI=1S/C20H19N5O4S/c1-13-12-14(2)22-19(21-13)25-30(28,29)17-10-8-16(9-11-17)23-20(27)24-18(26)15-6-4-3-5-7-15/h3-12H,1-2H3,(H,21,22,25)(H2,23,24,26,27). The number of carbonyl (C=O) groups is 2. The Morgan fingerprint density at radius 2 is 1.47 bits per heavy atom. The molecule has 0 spiro atoms. The number of hydrogen-bond acceptors (Lipinski definition) is 6. The number of sulfonamides is 1. The van der Waals surface area contributed by atoms with Crippen LogP contribution in [0.15, 0.2) is 65.6 Å². The van der Waals surface area contributed by atoms with E-state index in [0.29, 0.717) is 22.6 Å². The molecule has 0 radical (unpaired) electrons. The Kier molecular flexibility index (Phi) is 6.07. The van der Waals surface area contributed by atoms with Crippen molar-refractivity contribution in [3.8, 4) is 0 Å². The van der Waals surface area contributed by atoms with E-state index in [4.69, 9.17) is 0 Å². The smallest absolute Gasteiger partial charge is 0.308 e. The summed E-state index contributed by atoms with van der Waals surface area (Å²) in [6, 6.07) is 14.7. The normalized spacial score (nSPS) is 10.9. The highest BCUT2D eigenvalue weighted by molar-refractivity contribution is 7.92. The van der Waals surface area contributed by atoms with Gasteiger partial charge >= 0.3 is 6.03 Å². The van der Waals surface area contributed by atoms with Crippen molar-refractivity contribution in [1.29, 1.82) is 0 Å². The van der Waals surface area contributed by atoms with E-state index < -0.39 is 22.0 Å². The van der Waals surface area contributed by atoms with Crippen molar-refractivity contribution in [3.05, 3.63) is 77.6 Å². The quantitative estimate of drug-likeness (QED) is 0.576. The summed E-state index contributed by atoms with van der Waals surface area (Å²) >= 11 is 0. The first-order valence-electron chi connectivity index (χ1n) is 8.85. The van der Waals surface area contributed by atoms with Gasteiger partial charge in [-0.15, -0.1) is 0 Å². The number of imide groups is 1. The lowest BCUT2D eigenvalue weighted by Crippen LogP contribution is -2.34. The zero-order chi connectivity index (χ0) is 21.7. The van der Waals surface area contributed by atoms with Crippen LogP contribution >= 0.6 is 0 Å². The van der Waals surface area contributed by atoms with Gasteiger partial charge < -0.3 is 5.32 Å². The number of anilines is 2. The van der Waals surface area contributed by atoms with Gasteiger partial charge in [-0.1, -0.05) is 18.2 Å². The van der Waals surface area contributed by atoms with Gasteiger partial charge in [0.05, 0.1) is 4.90 Å². The number of aryl methyl sites for hydroxylation is 2. The van der Waals surface area contributed by atoms with E-state index in [1.807, 2.05) is 0 Å². The van der Waals surface area contributed by atoms with Gasteiger partial charge in [-0.25, -0.2) is 27.9 Å². The van der Waals surface area contributed by atoms with E-state index in [9.17, 15) is 18.0 Å². The fourth-order valence-electron chi connectivity index (χ4n) is 2.60. The molecule has 3 amide bonds. The van der Waals surface area contributed by atoms with Gasteiger partial charge in [-0.2, -0.15) is 0 Å². The summed E-state index contributed by atoms with van der Waals surface area (Å²) < 4.78 is 27.4. The molecule has 1 aromatic heterocycles. The topological polar surface area (TPSA) is 130 Å². The van der Waals surface area contributed by atoms with Crippen molar-refractivity contribution in [1.82, 2.24) is 15.3 Å². The number of nitrogens with one attached hydrogen (secondary N) is 3. The van der Waals surface area contributed by atoms with Crippen LogP contribution in [0.1, 0.15) is 21.7 Å². The fourth-order valence-corrected chi connectivity index (χ4v) is 3.54. The maximum atomic E-state index is 12.5. The van der Waals surface area contributed by atoms with Crippen LogP contribution in [0.3, 0.4) is 0 Å². The number of nitrogens with zero attached hydrogens (tertiary/aromatic N) is 2. The molecule has 3 aromatic rings. The predicted octanol–water partition coefficient (Wildman–Crippen LogP) is 2.86. The Bertz CT molecular complexity index is 1160. The third-order valence-corrected chi connectivity index (χ3v) is 5.24. The van der Waals surface area contributed by atoms with E-state index in [0.717, 1.165) is 0 Å². The van der Waals surface area contributed by atoms with E-state index in [-0.39, 0.29) is 10.8 Å². The minimum atomic E-state index is -3.90. The monoisotopic (exact) mass is 425 g/mol. The Labute approximate surface area is 173 Å². The predicted molar refractivity (Wildman–Crippen MR) is 112 cm³/mol. The molecule has 1 heterocycles. The second-order valence-electron chi connectivity index (χ2n) is 6.38. The van der Waals surface area contributed by atoms with Gasteiger partial charge in [-0.05, 0) is 56.3 Å². The van der Waals surface area contributed by atoms with E-state index in [2.05, 4.69) is 25.3 Å². The average molecular weight is 425 g/mol. The van der Waals surface area contributed by atoms with Crippen molar-refractivity contribution >= 4 is 33.6 Å². The molecule has 0 aliphatic carbocycles. The number of rotatable bonds is 5. The van der Waals surface area contributed by atoms with Crippen LogP contribution in [0.5, 0.6) is 0 Å². The first kappa shape index (κ1) is 20.9. The highest BCUT2D eigenvalue weighted by Crippen LogP contribution is 2.17. The molecule has 3 N–H and O–H groups in total. The molecular formula is C20H19N5O4S. The number of aromatic nitrogens is 2. The summed E-state index contributed by atoms with van der Waals surface area (Å²) in [5.74, 6) is -0.571. The van der Waals surface area contributed by atoms with Crippen molar-refractivity contribution in [2.24, 2.45) is 0 Å². The highest BCUT2D eigenvalue weighted by Gasteiger charge is 2.17. The molecule has 0 atom stereocenters. The van der Waals surface area contributed by atoms with E-state index in [1.54, 1.807) is 50.2 Å². The van der Waals surface area contributed by atoms with E-state index in [1.165, 1.54) is 24.3 Å². The largest absolute Gasteiger partial charge is 0.326 e. The average Bonchev–Trinajstić information content (AvgIpc) is 2.67. The van der Waals surface area contributed by atoms with Crippen molar-refractivity contribution in [2.45, 2.75) is 18.7 Å². The Balaban J connectivity index is 1.65. The molecule has 30 heavy (non-hydrogen) atoms. The molecular weight excluding hydrogens is 406 g/mol. The van der Waals surface area contributed by atoms with Crippen LogP contribution in [0.25, 0.3) is 0 Å². The van der Waals surface area contributed by atoms with Gasteiger partial charge in [0.1, 0.15) is 0 Å². The SMILES string of the molecule is Cc1cc(C)nc(NS(=O)(=O)c2ccc(NC(=O)NC(=O)c3ccccc3)cc2)n1. The summed E-state index contributed by atoms with van der Waals surface area (Å²) in [5.41, 5.74) is 1.93. The van der Waals surface area contributed by atoms with Crippen LogP contribution < -0.4 is 15.4 Å². The first-order chi connectivity index (χ1) is 14.2. The van der Waals surface area contributed by atoms with Gasteiger partial charge in [0.25, 0.3) is 15.9 Å². The van der Waals surface area contributed by atoms with Crippen LogP contribution in [-0.2, 0) is 10.0 Å². The molecule has 3 rings (SSSR count). The van der Waals surface area contributed by atoms with Crippen LogP contribution in [0.2, 0.25) is 0 Å². The summed E-state index contributed by atoms with van der Waals surface area (Å²) in [6.07, 6.45) is 0. The van der Waals surface area contributed by atoms with Crippen LogP contribution in [0.4, 0.5) is 16.4 Å². The Morgan fingerprint density at radius 3 is 2.07 bits per heavy atom. The van der Waals surface area contributed by atoms with Crippen molar-refractivity contribution in [2.75, 3.05) is 10.0 Å². The molecule has 154 valence electrons. The zero-order valence-electron chi connectivity index (χ0n) is 16.2. The minimum absolute atomic E-state index is 0.0199. The summed E-state index contributed by atoms with van der Waals surface area (Å²) in [5, 5.41) is 4.67. The molecule has 0 fully saturated rings. The lowest BCUT2D eigenvalue weighted by atomic mass is 10.2. The lowest BCUT2D eigenvalue weighted by Gasteiger charge is -2.10. The van der Waals surface area contributed by atoms with Crippen LogP contribution in [-0.4, -0.2) is 30.3 Å². The number of urea groups is 1. The van der Waals surface area contributed by atoms with Gasteiger partial charge in [0.2, 0.25) is 5.95 Å². The summed E-state index contributed by atoms with van der Waals surface area (Å²) in [4.78, 5) is 32.1. The number of benzene rings is 2. The Hall–Kier alpha value is -3.79. The molecule has 0 saturated carbocycles. The lowest BCUT2D eigenvalue weighted by molar-refractivity contribution is 0.0967. The molecule has 0 saturated heterocycles. The zero-order valence-corrected chi connectivity index (χ0v) is 17.0. The van der Waals surface area contributed by atoms with Crippen molar-refractivity contribution < 1.29 is 18.0 Å². The van der Waals surface area contributed by atoms with E-state index >= 15 is 0 Å². The maximum Gasteiger partial charge on any atom is 0.326 e. The summed E-state index contributed by atoms with van der Waals surface area (Å²) in [7, 11) is -3.90. The highest BCUT2D eigenvalue weighted by atomic mass is 32.2. The Morgan fingerprint density at radius 1 is 0.867 bits per heavy atom. The van der Waals surface area contributed by atoms with Crippen LogP contribution in [0, 0.1) is 13.8 Å². The maximum absolute atomic E-state index is 12.5. The van der Waals surface area contributed by atoms with Gasteiger partial charge in [0.15, 0.2) is 0 Å². The number of carbonyl (C=O) groups excluding carboxylic acids is 2.